The minimum Gasteiger partial charge on any atom is -0.287 e. The highest BCUT2D eigenvalue weighted by Crippen LogP contribution is 2.21. The van der Waals surface area contributed by atoms with Crippen LogP contribution in [0.15, 0.2) is 16.6 Å². The maximum atomic E-state index is 4.83. The summed E-state index contributed by atoms with van der Waals surface area (Å²) in [5.74, 6) is 0.691. The maximum absolute atomic E-state index is 4.83. The molecule has 1 rings (SSSR count). The second-order valence-corrected chi connectivity index (χ2v) is 5.26. The molecular weight excluding hydrogens is 194 g/mol. The molecule has 0 aromatic carbocycles. The monoisotopic (exact) mass is 221 g/mol. The average molecular weight is 221 g/mol. The van der Waals surface area contributed by atoms with E-state index in [0.29, 0.717) is 12.0 Å². The largest absolute Gasteiger partial charge is 0.287 e. The van der Waals surface area contributed by atoms with Gasteiger partial charge in [0.05, 0.1) is 6.04 Å². The average Bonchev–Trinajstić information content (AvgIpc) is 2.29. The van der Waals surface area contributed by atoms with Crippen LogP contribution in [0.4, 0.5) is 0 Å². The van der Waals surface area contributed by atoms with Crippen LogP contribution in [-0.4, -0.2) is 11.8 Å². The fraction of sp³-hybridized carbons (Fsp3) is 0.800. The summed E-state index contributed by atoms with van der Waals surface area (Å²) in [6, 6.07) is 0.606. The minimum atomic E-state index is 0.606. The van der Waals surface area contributed by atoms with E-state index in [4.69, 9.17) is 4.99 Å². The lowest BCUT2D eigenvalue weighted by Crippen LogP contribution is -2.11. The maximum Gasteiger partial charge on any atom is 0.0502 e. The molecule has 0 aliphatic heterocycles. The molecule has 0 radical (unpaired) electrons. The first-order valence-electron chi connectivity index (χ1n) is 6.86. The van der Waals surface area contributed by atoms with Gasteiger partial charge in [0.15, 0.2) is 0 Å². The lowest BCUT2D eigenvalue weighted by molar-refractivity contribution is 0.443. The number of hydrogen-bond acceptors (Lipinski definition) is 1. The fourth-order valence-electron chi connectivity index (χ4n) is 2.33. The molecule has 1 atom stereocenters. The smallest absolute Gasteiger partial charge is 0.0502 e. The van der Waals surface area contributed by atoms with Gasteiger partial charge in [-0.05, 0) is 45.1 Å². The Morgan fingerprint density at radius 2 is 1.88 bits per heavy atom. The van der Waals surface area contributed by atoms with Gasteiger partial charge in [-0.3, -0.25) is 4.99 Å². The van der Waals surface area contributed by atoms with Crippen molar-refractivity contribution in [1.82, 2.24) is 0 Å². The highest BCUT2D eigenvalue weighted by atomic mass is 14.8. The van der Waals surface area contributed by atoms with Gasteiger partial charge in [-0.15, -0.1) is 0 Å². The number of hydrogen-bond donors (Lipinski definition) is 0. The van der Waals surface area contributed by atoms with Crippen molar-refractivity contribution < 1.29 is 0 Å². The van der Waals surface area contributed by atoms with Gasteiger partial charge in [-0.2, -0.15) is 0 Å². The summed E-state index contributed by atoms with van der Waals surface area (Å²) in [6.45, 7) is 8.92. The number of allylic oxidation sites excluding steroid dienone is 2. The van der Waals surface area contributed by atoms with Crippen LogP contribution >= 0.6 is 0 Å². The van der Waals surface area contributed by atoms with Crippen molar-refractivity contribution in [2.45, 2.75) is 72.3 Å². The van der Waals surface area contributed by atoms with Gasteiger partial charge in [0.2, 0.25) is 0 Å². The Morgan fingerprint density at radius 1 is 1.25 bits per heavy atom. The zero-order valence-electron chi connectivity index (χ0n) is 11.4. The molecule has 1 unspecified atom stereocenters. The summed E-state index contributed by atoms with van der Waals surface area (Å²) in [4.78, 5) is 4.83. The van der Waals surface area contributed by atoms with Crippen molar-refractivity contribution in [2.75, 3.05) is 0 Å². The molecule has 1 fully saturated rings. The molecule has 0 bridgehead atoms. The Balaban J connectivity index is 2.55. The summed E-state index contributed by atoms with van der Waals surface area (Å²) in [5, 5.41) is 0. The summed E-state index contributed by atoms with van der Waals surface area (Å²) in [5.41, 5.74) is 2.70. The molecule has 1 nitrogen and oxygen atoms in total. The summed E-state index contributed by atoms with van der Waals surface area (Å²) in [6.07, 6.45) is 10.3. The van der Waals surface area contributed by atoms with Gasteiger partial charge < -0.3 is 0 Å². The topological polar surface area (TPSA) is 12.4 Å². The standard InChI is InChI=1S/C15H27N/c1-5-12(2)13(3)11-14(4)16-15-9-7-6-8-10-15/h11-12,15H,5-10H2,1-4H3/b13-11-,16-14?. The van der Waals surface area contributed by atoms with Gasteiger partial charge in [0, 0.05) is 5.71 Å². The minimum absolute atomic E-state index is 0.606. The lowest BCUT2D eigenvalue weighted by atomic mass is 9.95. The van der Waals surface area contributed by atoms with E-state index in [1.54, 1.807) is 0 Å². The zero-order chi connectivity index (χ0) is 12.0. The molecule has 0 aromatic rings. The zero-order valence-corrected chi connectivity index (χ0v) is 11.4. The van der Waals surface area contributed by atoms with Gasteiger partial charge in [0.1, 0.15) is 0 Å². The van der Waals surface area contributed by atoms with Gasteiger partial charge in [0.25, 0.3) is 0 Å². The SMILES string of the molecule is CCC(C)/C(C)=C\C(C)=NC1CCCCC1. The third kappa shape index (κ3) is 4.51. The Labute approximate surface area is 101 Å². The first-order valence-corrected chi connectivity index (χ1v) is 6.86. The van der Waals surface area contributed by atoms with Crippen LogP contribution in [0.5, 0.6) is 0 Å². The molecule has 0 amide bonds. The second kappa shape index (κ2) is 6.88. The second-order valence-electron chi connectivity index (χ2n) is 5.26. The van der Waals surface area contributed by atoms with E-state index in [1.165, 1.54) is 49.8 Å². The van der Waals surface area contributed by atoms with Crippen molar-refractivity contribution in [2.24, 2.45) is 10.9 Å². The fourth-order valence-corrected chi connectivity index (χ4v) is 2.33. The van der Waals surface area contributed by atoms with E-state index >= 15 is 0 Å². The normalized spacial score (nSPS) is 22.2. The van der Waals surface area contributed by atoms with E-state index < -0.39 is 0 Å². The first kappa shape index (κ1) is 13.5. The van der Waals surface area contributed by atoms with E-state index in [9.17, 15) is 0 Å². The van der Waals surface area contributed by atoms with Crippen LogP contribution in [0.3, 0.4) is 0 Å². The molecule has 0 spiro atoms. The van der Waals surface area contributed by atoms with Crippen molar-refractivity contribution in [3.05, 3.63) is 11.6 Å². The van der Waals surface area contributed by atoms with E-state index in [1.807, 2.05) is 0 Å². The van der Waals surface area contributed by atoms with E-state index in [2.05, 4.69) is 33.8 Å². The van der Waals surface area contributed by atoms with Crippen LogP contribution in [-0.2, 0) is 0 Å². The van der Waals surface area contributed by atoms with Crippen LogP contribution in [0.1, 0.15) is 66.2 Å². The molecule has 1 heteroatoms. The summed E-state index contributed by atoms with van der Waals surface area (Å²) >= 11 is 0. The molecule has 0 aromatic heterocycles. The number of rotatable bonds is 4. The van der Waals surface area contributed by atoms with Crippen molar-refractivity contribution in [3.63, 3.8) is 0 Å². The van der Waals surface area contributed by atoms with Crippen LogP contribution in [0.2, 0.25) is 0 Å². The van der Waals surface area contributed by atoms with Gasteiger partial charge in [-0.1, -0.05) is 38.7 Å². The van der Waals surface area contributed by atoms with E-state index in [0.717, 1.165) is 0 Å². The predicted octanol–water partition coefficient (Wildman–Crippen LogP) is 4.77. The number of nitrogens with zero attached hydrogens (tertiary/aromatic N) is 1. The molecule has 92 valence electrons. The van der Waals surface area contributed by atoms with Crippen molar-refractivity contribution in [3.8, 4) is 0 Å². The highest BCUT2D eigenvalue weighted by molar-refractivity contribution is 5.93. The third-order valence-electron chi connectivity index (χ3n) is 3.79. The molecule has 16 heavy (non-hydrogen) atoms. The third-order valence-corrected chi connectivity index (χ3v) is 3.79. The molecule has 0 heterocycles. The van der Waals surface area contributed by atoms with Crippen LogP contribution < -0.4 is 0 Å². The van der Waals surface area contributed by atoms with Crippen molar-refractivity contribution in [1.29, 1.82) is 0 Å². The Kier molecular flexibility index (Phi) is 5.79. The van der Waals surface area contributed by atoms with Gasteiger partial charge >= 0.3 is 0 Å². The molecule has 0 N–H and O–H groups in total. The first-order chi connectivity index (χ1) is 7.63. The Bertz CT molecular complexity index is 257. The molecule has 1 aliphatic rings. The van der Waals surface area contributed by atoms with E-state index in [-0.39, 0.29) is 0 Å². The summed E-state index contributed by atoms with van der Waals surface area (Å²) < 4.78 is 0. The molecule has 1 aliphatic carbocycles. The molecule has 0 saturated heterocycles. The van der Waals surface area contributed by atoms with Crippen LogP contribution in [0, 0.1) is 5.92 Å². The quantitative estimate of drug-likeness (QED) is 0.606. The van der Waals surface area contributed by atoms with Crippen LogP contribution in [0.25, 0.3) is 0 Å². The summed E-state index contributed by atoms with van der Waals surface area (Å²) in [7, 11) is 0. The molecular formula is C15H27N. The molecule has 1 saturated carbocycles. The van der Waals surface area contributed by atoms with Crippen molar-refractivity contribution >= 4 is 5.71 Å². The number of aliphatic imine (C=N–C) groups is 1. The Hall–Kier alpha value is -0.590. The lowest BCUT2D eigenvalue weighted by Gasteiger charge is -2.18. The Morgan fingerprint density at radius 3 is 2.44 bits per heavy atom. The van der Waals surface area contributed by atoms with Gasteiger partial charge in [-0.25, -0.2) is 0 Å². The predicted molar refractivity (Wildman–Crippen MR) is 73.2 cm³/mol. The highest BCUT2D eigenvalue weighted by Gasteiger charge is 2.11.